The maximum Gasteiger partial charge on any atom is 0.226 e. The Kier molecular flexibility index (Phi) is 4.41. The Morgan fingerprint density at radius 1 is 1.13 bits per heavy atom. The van der Waals surface area contributed by atoms with Crippen LogP contribution in [0.4, 0.5) is 0 Å². The number of hydrogen-bond donors (Lipinski definition) is 1. The highest BCUT2D eigenvalue weighted by molar-refractivity contribution is 5.52. The van der Waals surface area contributed by atoms with Crippen LogP contribution in [0.25, 0.3) is 11.5 Å². The SMILES string of the molecule is c1ccc(-c2nc(CN3CCC(N4CCNCC4)C3)co2)cc1. The molecule has 2 aromatic rings. The molecule has 0 spiro atoms. The molecule has 0 amide bonds. The molecular formula is C18H24N4O. The lowest BCUT2D eigenvalue weighted by Gasteiger charge is -2.32. The normalized spacial score (nSPS) is 23.4. The molecule has 0 radical (unpaired) electrons. The summed E-state index contributed by atoms with van der Waals surface area (Å²) in [7, 11) is 0. The second-order valence-corrected chi connectivity index (χ2v) is 6.47. The summed E-state index contributed by atoms with van der Waals surface area (Å²) in [5.41, 5.74) is 2.07. The van der Waals surface area contributed by atoms with Gasteiger partial charge in [-0.3, -0.25) is 9.80 Å². The van der Waals surface area contributed by atoms with Crippen LogP contribution in [-0.4, -0.2) is 60.1 Å². The van der Waals surface area contributed by atoms with Gasteiger partial charge in [-0.1, -0.05) is 18.2 Å². The fraction of sp³-hybridized carbons (Fsp3) is 0.500. The van der Waals surface area contributed by atoms with Gasteiger partial charge >= 0.3 is 0 Å². The first kappa shape index (κ1) is 14.9. The number of likely N-dealkylation sites (tertiary alicyclic amines) is 1. The number of benzene rings is 1. The van der Waals surface area contributed by atoms with Crippen LogP contribution in [-0.2, 0) is 6.54 Å². The molecule has 0 saturated carbocycles. The van der Waals surface area contributed by atoms with Gasteiger partial charge in [-0.25, -0.2) is 4.98 Å². The Hall–Kier alpha value is -1.69. The zero-order chi connectivity index (χ0) is 15.5. The van der Waals surface area contributed by atoms with Gasteiger partial charge in [0.25, 0.3) is 0 Å². The van der Waals surface area contributed by atoms with E-state index in [0.717, 1.165) is 49.9 Å². The predicted octanol–water partition coefficient (Wildman–Crippen LogP) is 1.82. The van der Waals surface area contributed by atoms with E-state index in [1.54, 1.807) is 6.26 Å². The first-order chi connectivity index (χ1) is 11.4. The van der Waals surface area contributed by atoms with Crippen LogP contribution in [0, 0.1) is 0 Å². The Morgan fingerprint density at radius 2 is 1.96 bits per heavy atom. The Bertz CT molecular complexity index is 621. The first-order valence-corrected chi connectivity index (χ1v) is 8.55. The van der Waals surface area contributed by atoms with Crippen LogP contribution >= 0.6 is 0 Å². The number of hydrogen-bond acceptors (Lipinski definition) is 5. The van der Waals surface area contributed by atoms with Crippen molar-refractivity contribution >= 4 is 0 Å². The van der Waals surface area contributed by atoms with Crippen LogP contribution in [0.2, 0.25) is 0 Å². The molecule has 5 nitrogen and oxygen atoms in total. The molecule has 1 unspecified atom stereocenters. The minimum Gasteiger partial charge on any atom is -0.444 e. The molecule has 2 aliphatic rings. The minimum absolute atomic E-state index is 0.706. The van der Waals surface area contributed by atoms with E-state index in [-0.39, 0.29) is 0 Å². The standard InChI is InChI=1S/C18H24N4O/c1-2-4-15(5-3-1)18-20-16(14-23-18)12-21-9-6-17(13-21)22-10-7-19-8-11-22/h1-5,14,17,19H,6-13H2. The lowest BCUT2D eigenvalue weighted by molar-refractivity contribution is 0.170. The average molecular weight is 312 g/mol. The Labute approximate surface area is 137 Å². The molecule has 3 heterocycles. The number of rotatable bonds is 4. The van der Waals surface area contributed by atoms with Crippen molar-refractivity contribution in [3.8, 4) is 11.5 Å². The Morgan fingerprint density at radius 3 is 2.78 bits per heavy atom. The van der Waals surface area contributed by atoms with Gasteiger partial charge in [0.15, 0.2) is 0 Å². The highest BCUT2D eigenvalue weighted by atomic mass is 16.3. The molecule has 5 heteroatoms. The van der Waals surface area contributed by atoms with E-state index >= 15 is 0 Å². The lowest BCUT2D eigenvalue weighted by atomic mass is 10.2. The molecular weight excluding hydrogens is 288 g/mol. The molecule has 1 N–H and O–H groups in total. The summed E-state index contributed by atoms with van der Waals surface area (Å²) < 4.78 is 5.65. The fourth-order valence-corrected chi connectivity index (χ4v) is 3.62. The third-order valence-corrected chi connectivity index (χ3v) is 4.87. The topological polar surface area (TPSA) is 44.5 Å². The van der Waals surface area contributed by atoms with Gasteiger partial charge in [-0.05, 0) is 18.6 Å². The first-order valence-electron chi connectivity index (χ1n) is 8.55. The second-order valence-electron chi connectivity index (χ2n) is 6.47. The van der Waals surface area contributed by atoms with Crippen LogP contribution in [0.1, 0.15) is 12.1 Å². The number of oxazole rings is 1. The van der Waals surface area contributed by atoms with Crippen molar-refractivity contribution in [1.29, 1.82) is 0 Å². The van der Waals surface area contributed by atoms with Gasteiger partial charge in [-0.2, -0.15) is 0 Å². The molecule has 2 saturated heterocycles. The van der Waals surface area contributed by atoms with Gasteiger partial charge in [0.05, 0.1) is 5.69 Å². The molecule has 4 rings (SSSR count). The smallest absolute Gasteiger partial charge is 0.226 e. The maximum atomic E-state index is 5.65. The van der Waals surface area contributed by atoms with Crippen LogP contribution in [0.3, 0.4) is 0 Å². The van der Waals surface area contributed by atoms with Crippen molar-refractivity contribution < 1.29 is 4.42 Å². The van der Waals surface area contributed by atoms with Crippen molar-refractivity contribution in [2.24, 2.45) is 0 Å². The van der Waals surface area contributed by atoms with E-state index in [1.807, 2.05) is 30.3 Å². The van der Waals surface area contributed by atoms with Crippen LogP contribution < -0.4 is 5.32 Å². The third kappa shape index (κ3) is 3.47. The highest BCUT2D eigenvalue weighted by Crippen LogP contribution is 2.21. The van der Waals surface area contributed by atoms with E-state index in [9.17, 15) is 0 Å². The number of nitrogens with one attached hydrogen (secondary N) is 1. The summed E-state index contributed by atoms with van der Waals surface area (Å²) in [5.74, 6) is 0.721. The molecule has 1 atom stereocenters. The summed E-state index contributed by atoms with van der Waals surface area (Å²) in [6.07, 6.45) is 3.07. The number of piperazine rings is 1. The number of aromatic nitrogens is 1. The monoisotopic (exact) mass is 312 g/mol. The molecule has 1 aromatic heterocycles. The van der Waals surface area contributed by atoms with E-state index in [0.29, 0.717) is 6.04 Å². The predicted molar refractivity (Wildman–Crippen MR) is 90.1 cm³/mol. The summed E-state index contributed by atoms with van der Waals surface area (Å²) in [6.45, 7) is 7.80. The van der Waals surface area contributed by atoms with Crippen molar-refractivity contribution in [3.63, 3.8) is 0 Å². The Balaban J connectivity index is 1.35. The third-order valence-electron chi connectivity index (χ3n) is 4.87. The van der Waals surface area contributed by atoms with Gasteiger partial charge in [0.2, 0.25) is 5.89 Å². The van der Waals surface area contributed by atoms with Crippen molar-refractivity contribution in [1.82, 2.24) is 20.1 Å². The quantitative estimate of drug-likeness (QED) is 0.933. The van der Waals surface area contributed by atoms with Crippen LogP contribution in [0.5, 0.6) is 0 Å². The van der Waals surface area contributed by atoms with Crippen molar-refractivity contribution in [2.45, 2.75) is 19.0 Å². The summed E-state index contributed by atoms with van der Waals surface area (Å²) in [5, 5.41) is 3.43. The molecule has 0 aliphatic carbocycles. The summed E-state index contributed by atoms with van der Waals surface area (Å²) in [6, 6.07) is 10.8. The molecule has 1 aromatic carbocycles. The largest absolute Gasteiger partial charge is 0.444 e. The average Bonchev–Trinajstić information content (AvgIpc) is 3.27. The van der Waals surface area contributed by atoms with Gasteiger partial charge < -0.3 is 9.73 Å². The molecule has 2 fully saturated rings. The molecule has 122 valence electrons. The fourth-order valence-electron chi connectivity index (χ4n) is 3.62. The highest BCUT2D eigenvalue weighted by Gasteiger charge is 2.28. The van der Waals surface area contributed by atoms with E-state index < -0.39 is 0 Å². The van der Waals surface area contributed by atoms with Crippen molar-refractivity contribution in [2.75, 3.05) is 39.3 Å². The van der Waals surface area contributed by atoms with Crippen LogP contribution in [0.15, 0.2) is 41.0 Å². The summed E-state index contributed by atoms with van der Waals surface area (Å²) >= 11 is 0. The zero-order valence-electron chi connectivity index (χ0n) is 13.4. The van der Waals surface area contributed by atoms with E-state index in [2.05, 4.69) is 20.1 Å². The van der Waals surface area contributed by atoms with Gasteiger partial charge in [-0.15, -0.1) is 0 Å². The maximum absolute atomic E-state index is 5.65. The second kappa shape index (κ2) is 6.83. The van der Waals surface area contributed by atoms with E-state index in [4.69, 9.17) is 4.42 Å². The summed E-state index contributed by atoms with van der Waals surface area (Å²) in [4.78, 5) is 9.78. The minimum atomic E-state index is 0.706. The lowest BCUT2D eigenvalue weighted by Crippen LogP contribution is -2.49. The zero-order valence-corrected chi connectivity index (χ0v) is 13.4. The molecule has 2 aliphatic heterocycles. The molecule has 0 bridgehead atoms. The van der Waals surface area contributed by atoms with E-state index in [1.165, 1.54) is 19.5 Å². The van der Waals surface area contributed by atoms with Crippen molar-refractivity contribution in [3.05, 3.63) is 42.3 Å². The molecule has 23 heavy (non-hydrogen) atoms. The van der Waals surface area contributed by atoms with Gasteiger partial charge in [0, 0.05) is 57.4 Å². The number of nitrogens with zero attached hydrogens (tertiary/aromatic N) is 3. The van der Waals surface area contributed by atoms with Gasteiger partial charge in [0.1, 0.15) is 6.26 Å².